The van der Waals surface area contributed by atoms with Gasteiger partial charge in [0.2, 0.25) is 0 Å². The summed E-state index contributed by atoms with van der Waals surface area (Å²) in [5, 5.41) is 6.50. The Labute approximate surface area is 138 Å². The zero-order valence-corrected chi connectivity index (χ0v) is 13.8. The average Bonchev–Trinajstić information content (AvgIpc) is 3.24. The summed E-state index contributed by atoms with van der Waals surface area (Å²) in [6.45, 7) is 0. The van der Waals surface area contributed by atoms with E-state index >= 15 is 0 Å². The van der Waals surface area contributed by atoms with Gasteiger partial charge in [-0.25, -0.2) is 21.9 Å². The fraction of sp³-hybridized carbons (Fsp3) is 0.231. The van der Waals surface area contributed by atoms with E-state index in [2.05, 4.69) is 26.1 Å². The first-order chi connectivity index (χ1) is 10.8. The number of hydrogen-bond acceptors (Lipinski definition) is 4. The van der Waals surface area contributed by atoms with Crippen molar-refractivity contribution >= 4 is 31.9 Å². The maximum absolute atomic E-state index is 13.2. The minimum Gasteiger partial charge on any atom is -0.280 e. The lowest BCUT2D eigenvalue weighted by atomic mass is 10.2. The lowest BCUT2D eigenvalue weighted by Crippen LogP contribution is -2.31. The molecule has 3 rings (SSSR count). The molecule has 1 heterocycles. The van der Waals surface area contributed by atoms with Gasteiger partial charge in [0.1, 0.15) is 0 Å². The Hall–Kier alpha value is -1.81. The van der Waals surface area contributed by atoms with Crippen molar-refractivity contribution in [2.75, 3.05) is 0 Å². The van der Waals surface area contributed by atoms with Crippen LogP contribution in [0.3, 0.4) is 0 Å². The number of sulfonamides is 1. The number of rotatable bonds is 4. The van der Waals surface area contributed by atoms with E-state index in [9.17, 15) is 22.0 Å². The van der Waals surface area contributed by atoms with Gasteiger partial charge in [-0.3, -0.25) is 9.89 Å². The van der Waals surface area contributed by atoms with E-state index in [1.165, 1.54) is 0 Å². The van der Waals surface area contributed by atoms with E-state index in [4.69, 9.17) is 0 Å². The second-order valence-corrected chi connectivity index (χ2v) is 7.56. The van der Waals surface area contributed by atoms with Crippen LogP contribution in [0.5, 0.6) is 0 Å². The SMILES string of the molecule is O=C(NS(=O)(=O)c1ccc(F)c(F)c1)c1n[nH]c(C2CC2)c1Br. The topological polar surface area (TPSA) is 91.9 Å². The first kappa shape index (κ1) is 16.1. The summed E-state index contributed by atoms with van der Waals surface area (Å²) in [6.07, 6.45) is 1.93. The van der Waals surface area contributed by atoms with Gasteiger partial charge in [-0.2, -0.15) is 5.10 Å². The molecule has 1 aromatic carbocycles. The third-order valence-corrected chi connectivity index (χ3v) is 5.49. The van der Waals surface area contributed by atoms with E-state index in [0.717, 1.165) is 24.6 Å². The van der Waals surface area contributed by atoms with Gasteiger partial charge in [-0.05, 0) is 47.0 Å². The highest BCUT2D eigenvalue weighted by atomic mass is 79.9. The number of nitrogens with zero attached hydrogens (tertiary/aromatic N) is 1. The molecule has 0 spiro atoms. The quantitative estimate of drug-likeness (QED) is 0.816. The molecule has 0 bridgehead atoms. The van der Waals surface area contributed by atoms with Gasteiger partial charge in [-0.15, -0.1) is 0 Å². The number of halogens is 3. The van der Waals surface area contributed by atoms with Crippen LogP contribution in [0.1, 0.15) is 34.9 Å². The highest BCUT2D eigenvalue weighted by Gasteiger charge is 2.31. The van der Waals surface area contributed by atoms with Crippen LogP contribution in [0, 0.1) is 11.6 Å². The Kier molecular flexibility index (Phi) is 3.96. The maximum atomic E-state index is 13.2. The molecule has 1 fully saturated rings. The van der Waals surface area contributed by atoms with Gasteiger partial charge in [0, 0.05) is 5.92 Å². The summed E-state index contributed by atoms with van der Waals surface area (Å²) in [5.41, 5.74) is 0.624. The number of hydrogen-bond donors (Lipinski definition) is 2. The average molecular weight is 406 g/mol. The molecule has 0 unspecified atom stereocenters. The molecule has 23 heavy (non-hydrogen) atoms. The third-order valence-electron chi connectivity index (χ3n) is 3.36. The molecule has 122 valence electrons. The number of carbonyl (C=O) groups excluding carboxylic acids is 1. The van der Waals surface area contributed by atoms with Gasteiger partial charge >= 0.3 is 0 Å². The Morgan fingerprint density at radius 2 is 2.00 bits per heavy atom. The second-order valence-electron chi connectivity index (χ2n) is 5.08. The molecule has 2 aromatic rings. The van der Waals surface area contributed by atoms with Crippen molar-refractivity contribution in [3.8, 4) is 0 Å². The molecule has 1 amide bonds. The van der Waals surface area contributed by atoms with Crippen molar-refractivity contribution in [3.63, 3.8) is 0 Å². The van der Waals surface area contributed by atoms with Crippen molar-refractivity contribution in [2.24, 2.45) is 0 Å². The van der Waals surface area contributed by atoms with E-state index < -0.39 is 32.5 Å². The molecule has 10 heteroatoms. The molecule has 1 saturated carbocycles. The Bertz CT molecular complexity index is 894. The normalized spacial score (nSPS) is 14.7. The Balaban J connectivity index is 1.85. The zero-order valence-electron chi connectivity index (χ0n) is 11.4. The summed E-state index contributed by atoms with van der Waals surface area (Å²) >= 11 is 3.22. The molecule has 1 aliphatic rings. The van der Waals surface area contributed by atoms with Crippen molar-refractivity contribution in [1.29, 1.82) is 0 Å². The van der Waals surface area contributed by atoms with Crippen molar-refractivity contribution in [3.05, 3.63) is 45.7 Å². The van der Waals surface area contributed by atoms with Crippen LogP contribution >= 0.6 is 15.9 Å². The molecule has 0 atom stereocenters. The number of amides is 1. The van der Waals surface area contributed by atoms with Crippen LogP contribution in [-0.2, 0) is 10.0 Å². The minimum absolute atomic E-state index is 0.113. The smallest absolute Gasteiger partial charge is 0.280 e. The number of aromatic amines is 1. The molecular weight excluding hydrogens is 396 g/mol. The minimum atomic E-state index is -4.34. The Morgan fingerprint density at radius 3 is 2.61 bits per heavy atom. The molecule has 6 nitrogen and oxygen atoms in total. The van der Waals surface area contributed by atoms with Crippen LogP contribution in [0.2, 0.25) is 0 Å². The predicted molar refractivity (Wildman–Crippen MR) is 79.3 cm³/mol. The van der Waals surface area contributed by atoms with Gasteiger partial charge in [0.25, 0.3) is 15.9 Å². The number of aromatic nitrogens is 2. The van der Waals surface area contributed by atoms with Crippen LogP contribution in [0.15, 0.2) is 27.6 Å². The third kappa shape index (κ3) is 3.13. The summed E-state index contributed by atoms with van der Waals surface area (Å²) in [5.74, 6) is -3.19. The highest BCUT2D eigenvalue weighted by molar-refractivity contribution is 9.10. The summed E-state index contributed by atoms with van der Waals surface area (Å²) in [6, 6.07) is 2.04. The van der Waals surface area contributed by atoms with Crippen LogP contribution in [0.4, 0.5) is 8.78 Å². The molecule has 0 radical (unpaired) electrons. The second kappa shape index (κ2) is 5.68. The van der Waals surface area contributed by atoms with Crippen molar-refractivity contribution < 1.29 is 22.0 Å². The standard InChI is InChI=1S/C13H10BrF2N3O3S/c14-10-11(6-1-2-6)17-18-12(10)13(20)19-23(21,22)7-3-4-8(15)9(16)5-7/h3-6H,1-2H2,(H,17,18)(H,19,20). The monoisotopic (exact) mass is 405 g/mol. The van der Waals surface area contributed by atoms with E-state index in [1.54, 1.807) is 4.72 Å². The first-order valence-corrected chi connectivity index (χ1v) is 8.83. The van der Waals surface area contributed by atoms with E-state index in [-0.39, 0.29) is 11.6 Å². The Morgan fingerprint density at radius 1 is 1.30 bits per heavy atom. The molecule has 1 aromatic heterocycles. The van der Waals surface area contributed by atoms with Gasteiger partial charge in [-0.1, -0.05) is 0 Å². The largest absolute Gasteiger partial charge is 0.286 e. The van der Waals surface area contributed by atoms with Crippen molar-refractivity contribution in [2.45, 2.75) is 23.7 Å². The van der Waals surface area contributed by atoms with Crippen LogP contribution in [0.25, 0.3) is 0 Å². The van der Waals surface area contributed by atoms with Gasteiger partial charge in [0.15, 0.2) is 17.3 Å². The molecule has 0 aliphatic heterocycles. The molecule has 2 N–H and O–H groups in total. The number of benzene rings is 1. The van der Waals surface area contributed by atoms with Crippen LogP contribution in [-0.4, -0.2) is 24.5 Å². The molecule has 1 aliphatic carbocycles. The number of carbonyl (C=O) groups is 1. The highest BCUT2D eigenvalue weighted by Crippen LogP contribution is 2.42. The van der Waals surface area contributed by atoms with Gasteiger partial charge in [0.05, 0.1) is 15.1 Å². The lowest BCUT2D eigenvalue weighted by molar-refractivity contribution is 0.0976. The lowest BCUT2D eigenvalue weighted by Gasteiger charge is -2.06. The first-order valence-electron chi connectivity index (χ1n) is 6.55. The summed E-state index contributed by atoms with van der Waals surface area (Å²) < 4.78 is 52.4. The van der Waals surface area contributed by atoms with E-state index in [1.807, 2.05) is 0 Å². The fourth-order valence-electron chi connectivity index (χ4n) is 2.01. The summed E-state index contributed by atoms with van der Waals surface area (Å²) in [7, 11) is -4.34. The summed E-state index contributed by atoms with van der Waals surface area (Å²) in [4.78, 5) is 11.5. The van der Waals surface area contributed by atoms with E-state index in [0.29, 0.717) is 16.6 Å². The van der Waals surface area contributed by atoms with Gasteiger partial charge < -0.3 is 0 Å². The number of H-pyrrole nitrogens is 1. The predicted octanol–water partition coefficient (Wildman–Crippen LogP) is 2.45. The number of nitrogens with one attached hydrogen (secondary N) is 2. The molecular formula is C13H10BrF2N3O3S. The van der Waals surface area contributed by atoms with Crippen LogP contribution < -0.4 is 4.72 Å². The maximum Gasteiger partial charge on any atom is 0.286 e. The zero-order chi connectivity index (χ0) is 16.8. The van der Waals surface area contributed by atoms with Crippen molar-refractivity contribution in [1.82, 2.24) is 14.9 Å². The molecule has 0 saturated heterocycles. The fourth-order valence-corrected chi connectivity index (χ4v) is 3.65.